The summed E-state index contributed by atoms with van der Waals surface area (Å²) in [7, 11) is 0. The summed E-state index contributed by atoms with van der Waals surface area (Å²) < 4.78 is 22.3. The molecule has 2 heterocycles. The smallest absolute Gasteiger partial charge is 0.341 e. The van der Waals surface area contributed by atoms with E-state index in [1.807, 2.05) is 6.08 Å². The van der Waals surface area contributed by atoms with E-state index in [2.05, 4.69) is 6.58 Å². The fourth-order valence-corrected chi connectivity index (χ4v) is 4.83. The predicted molar refractivity (Wildman–Crippen MR) is 103 cm³/mol. The van der Waals surface area contributed by atoms with E-state index in [-0.39, 0.29) is 11.7 Å². The highest BCUT2D eigenvalue weighted by Crippen LogP contribution is 2.52. The van der Waals surface area contributed by atoms with Crippen LogP contribution >= 0.6 is 0 Å². The number of carbonyl (C=O) groups excluding carboxylic acids is 3. The van der Waals surface area contributed by atoms with Crippen molar-refractivity contribution < 1.29 is 38.4 Å². The maximum atomic E-state index is 12.9. The van der Waals surface area contributed by atoms with Crippen molar-refractivity contribution in [3.05, 3.63) is 34.9 Å². The maximum absolute atomic E-state index is 12.9. The fraction of sp³-hybridized carbons (Fsp3) is 0.591. The van der Waals surface area contributed by atoms with E-state index in [1.54, 1.807) is 27.7 Å². The third-order valence-corrected chi connectivity index (χ3v) is 6.95. The largest absolute Gasteiger partial charge is 0.457 e. The second-order valence-electron chi connectivity index (χ2n) is 8.66. The van der Waals surface area contributed by atoms with E-state index in [4.69, 9.17) is 18.9 Å². The molecule has 2 saturated heterocycles. The summed E-state index contributed by atoms with van der Waals surface area (Å²) in [6, 6.07) is 0. The Hall–Kier alpha value is -2.45. The van der Waals surface area contributed by atoms with Crippen molar-refractivity contribution in [1.82, 2.24) is 0 Å². The van der Waals surface area contributed by atoms with Crippen molar-refractivity contribution in [2.24, 2.45) is 5.92 Å². The molecule has 0 spiro atoms. The van der Waals surface area contributed by atoms with Crippen LogP contribution in [0.25, 0.3) is 0 Å². The number of aliphatic hydroxyl groups is 1. The molecule has 0 radical (unpaired) electrons. The SMILES string of the molecule is C=C1C(=O)O[C@H]2[C@H]1[C@@H](OC(C)=O)[C@H](OC(=O)[C@@]1(C)O[C@@H]1C)C(C)=C1CC=C(C)[C@@]12O. The van der Waals surface area contributed by atoms with Gasteiger partial charge in [-0.2, -0.15) is 0 Å². The molecule has 2 aliphatic heterocycles. The number of hydrogen-bond acceptors (Lipinski definition) is 8. The monoisotopic (exact) mass is 418 g/mol. The molecule has 8 heteroatoms. The lowest BCUT2D eigenvalue weighted by Gasteiger charge is -2.35. The average Bonchev–Trinajstić information content (AvgIpc) is 3.04. The molecule has 0 bridgehead atoms. The van der Waals surface area contributed by atoms with Crippen LogP contribution in [-0.2, 0) is 33.3 Å². The molecule has 0 aromatic rings. The first kappa shape index (κ1) is 20.8. The summed E-state index contributed by atoms with van der Waals surface area (Å²) in [5.41, 5.74) is -0.862. The van der Waals surface area contributed by atoms with Crippen LogP contribution in [0.5, 0.6) is 0 Å². The topological polar surface area (TPSA) is 112 Å². The highest BCUT2D eigenvalue weighted by molar-refractivity contribution is 5.92. The number of carbonyl (C=O) groups is 3. The van der Waals surface area contributed by atoms with E-state index in [0.29, 0.717) is 23.1 Å². The molecule has 0 aromatic heterocycles. The van der Waals surface area contributed by atoms with Gasteiger partial charge in [0, 0.05) is 12.5 Å². The van der Waals surface area contributed by atoms with Gasteiger partial charge < -0.3 is 24.1 Å². The Kier molecular flexibility index (Phi) is 4.52. The minimum Gasteiger partial charge on any atom is -0.457 e. The van der Waals surface area contributed by atoms with Gasteiger partial charge >= 0.3 is 17.9 Å². The normalized spacial score (nSPS) is 42.1. The molecular weight excluding hydrogens is 392 g/mol. The van der Waals surface area contributed by atoms with E-state index < -0.39 is 53.3 Å². The predicted octanol–water partition coefficient (Wildman–Crippen LogP) is 1.52. The van der Waals surface area contributed by atoms with Gasteiger partial charge in [-0.3, -0.25) is 4.79 Å². The zero-order chi connectivity index (χ0) is 22.2. The molecule has 1 N–H and O–H groups in total. The zero-order valence-corrected chi connectivity index (χ0v) is 17.7. The van der Waals surface area contributed by atoms with Crippen molar-refractivity contribution in [3.8, 4) is 0 Å². The summed E-state index contributed by atoms with van der Waals surface area (Å²) in [6.07, 6.45) is -1.21. The summed E-state index contributed by atoms with van der Waals surface area (Å²) in [5.74, 6) is -2.77. The van der Waals surface area contributed by atoms with E-state index in [1.165, 1.54) is 6.92 Å². The molecule has 2 aliphatic carbocycles. The summed E-state index contributed by atoms with van der Waals surface area (Å²) in [5, 5.41) is 11.7. The summed E-state index contributed by atoms with van der Waals surface area (Å²) in [4.78, 5) is 37.2. The first-order valence-electron chi connectivity index (χ1n) is 9.98. The molecule has 0 saturated carbocycles. The van der Waals surface area contributed by atoms with Crippen LogP contribution < -0.4 is 0 Å². The van der Waals surface area contributed by atoms with Crippen molar-refractivity contribution in [2.75, 3.05) is 0 Å². The van der Waals surface area contributed by atoms with Gasteiger partial charge in [0.2, 0.25) is 0 Å². The van der Waals surface area contributed by atoms with Crippen LogP contribution in [0.3, 0.4) is 0 Å². The summed E-state index contributed by atoms with van der Waals surface area (Å²) >= 11 is 0. The lowest BCUT2D eigenvalue weighted by Crippen LogP contribution is -2.50. The Morgan fingerprint density at radius 3 is 2.50 bits per heavy atom. The van der Waals surface area contributed by atoms with Crippen molar-refractivity contribution in [2.45, 2.75) is 76.7 Å². The molecule has 162 valence electrons. The minimum absolute atomic E-state index is 0.0664. The number of esters is 3. The molecule has 0 aromatic carbocycles. The van der Waals surface area contributed by atoms with Crippen LogP contribution in [0.15, 0.2) is 34.9 Å². The third-order valence-electron chi connectivity index (χ3n) is 6.95. The molecular formula is C22H26O8. The van der Waals surface area contributed by atoms with E-state index in [0.717, 1.165) is 0 Å². The molecule has 4 aliphatic rings. The van der Waals surface area contributed by atoms with Crippen molar-refractivity contribution in [1.29, 1.82) is 0 Å². The van der Waals surface area contributed by atoms with Crippen molar-refractivity contribution in [3.63, 3.8) is 0 Å². The van der Waals surface area contributed by atoms with Crippen molar-refractivity contribution >= 4 is 17.9 Å². The maximum Gasteiger partial charge on any atom is 0.341 e. The van der Waals surface area contributed by atoms with Gasteiger partial charge in [-0.1, -0.05) is 12.7 Å². The highest BCUT2D eigenvalue weighted by atomic mass is 16.7. The summed E-state index contributed by atoms with van der Waals surface area (Å²) in [6.45, 7) is 11.9. The number of epoxide rings is 1. The van der Waals surface area contributed by atoms with Gasteiger partial charge in [0.25, 0.3) is 0 Å². The van der Waals surface area contributed by atoms with Gasteiger partial charge in [-0.15, -0.1) is 0 Å². The Balaban J connectivity index is 1.85. The number of allylic oxidation sites excluding steroid dienone is 1. The molecule has 2 fully saturated rings. The lowest BCUT2D eigenvalue weighted by atomic mass is 9.78. The Morgan fingerprint density at radius 1 is 1.30 bits per heavy atom. The second-order valence-corrected chi connectivity index (χ2v) is 8.66. The number of ether oxygens (including phenoxy) is 4. The van der Waals surface area contributed by atoms with E-state index >= 15 is 0 Å². The standard InChI is InChI=1S/C22H26O8/c1-9-7-8-14-10(2)16(28-20(25)21(6)12(4)30-21)17(27-13(5)23)15-11(3)19(24)29-18(15)22(9,14)26/h7,12,15-18,26H,3,8H2,1-2,4-6H3/t12-,15-,16-,17-,18+,21+,22-/m1/s1. The van der Waals surface area contributed by atoms with Gasteiger partial charge in [-0.25, -0.2) is 9.59 Å². The second kappa shape index (κ2) is 6.52. The molecule has 7 atom stereocenters. The molecule has 0 unspecified atom stereocenters. The average molecular weight is 418 g/mol. The van der Waals surface area contributed by atoms with Gasteiger partial charge in [0.15, 0.2) is 17.8 Å². The third kappa shape index (κ3) is 2.70. The van der Waals surface area contributed by atoms with E-state index in [9.17, 15) is 19.5 Å². The van der Waals surface area contributed by atoms with Crippen LogP contribution in [0, 0.1) is 5.92 Å². The quantitative estimate of drug-likeness (QED) is 0.241. The molecule has 8 nitrogen and oxygen atoms in total. The molecule has 30 heavy (non-hydrogen) atoms. The fourth-order valence-electron chi connectivity index (χ4n) is 4.83. The highest BCUT2D eigenvalue weighted by Gasteiger charge is 2.64. The Bertz CT molecular complexity index is 929. The number of fused-ring (bicyclic) bond motifs is 3. The lowest BCUT2D eigenvalue weighted by molar-refractivity contribution is -0.173. The molecule has 4 rings (SSSR count). The first-order valence-corrected chi connectivity index (χ1v) is 9.98. The van der Waals surface area contributed by atoms with Crippen LogP contribution in [-0.4, -0.2) is 58.6 Å². The van der Waals surface area contributed by atoms with Gasteiger partial charge in [0.05, 0.1) is 12.0 Å². The Labute approximate surface area is 174 Å². The zero-order valence-electron chi connectivity index (χ0n) is 17.7. The first-order chi connectivity index (χ1) is 13.9. The van der Waals surface area contributed by atoms with Crippen LogP contribution in [0.4, 0.5) is 0 Å². The van der Waals surface area contributed by atoms with Crippen LogP contribution in [0.1, 0.15) is 41.0 Å². The number of hydrogen-bond donors (Lipinski definition) is 1. The minimum atomic E-state index is -1.59. The molecule has 0 amide bonds. The number of rotatable bonds is 3. The Morgan fingerprint density at radius 2 is 1.93 bits per heavy atom. The van der Waals surface area contributed by atoms with Crippen LogP contribution in [0.2, 0.25) is 0 Å². The van der Waals surface area contributed by atoms with Gasteiger partial charge in [-0.05, 0) is 50.8 Å². The van der Waals surface area contributed by atoms with Gasteiger partial charge in [0.1, 0.15) is 11.7 Å².